The van der Waals surface area contributed by atoms with Gasteiger partial charge in [0.05, 0.1) is 7.11 Å². The van der Waals surface area contributed by atoms with Gasteiger partial charge in [-0.05, 0) is 91.7 Å². The van der Waals surface area contributed by atoms with Crippen molar-refractivity contribution in [3.8, 4) is 11.5 Å². The van der Waals surface area contributed by atoms with E-state index in [1.165, 1.54) is 0 Å². The van der Waals surface area contributed by atoms with Crippen LogP contribution in [0.25, 0.3) is 0 Å². The number of rotatable bonds is 9. The summed E-state index contributed by atoms with van der Waals surface area (Å²) < 4.78 is 12.1. The Labute approximate surface area is 198 Å². The molecular formula is C24H31IN2O4. The molecule has 0 radical (unpaired) electrons. The van der Waals surface area contributed by atoms with Gasteiger partial charge in [-0.1, -0.05) is 19.1 Å². The lowest BCUT2D eigenvalue weighted by atomic mass is 10.1. The first-order chi connectivity index (χ1) is 14.6. The van der Waals surface area contributed by atoms with Crippen LogP contribution in [0.4, 0.5) is 0 Å². The van der Waals surface area contributed by atoms with Crippen LogP contribution < -0.4 is 14.8 Å². The van der Waals surface area contributed by atoms with E-state index in [0.29, 0.717) is 17.9 Å². The minimum absolute atomic E-state index is 0.149. The maximum absolute atomic E-state index is 13.2. The standard InChI is InChI=1S/C24H31IN2O4/c1-6-21(23(29)26-24(2,3)4)27(15-17-8-7-9-20(14-17)30-5)22(28)16-31-19-12-10-18(25)11-13-19/h7-14,21H,6,15-16H2,1-5H3,(H,26,29). The van der Waals surface area contributed by atoms with Crippen LogP contribution in [0.5, 0.6) is 11.5 Å². The lowest BCUT2D eigenvalue weighted by Crippen LogP contribution is -2.54. The number of halogens is 1. The highest BCUT2D eigenvalue weighted by molar-refractivity contribution is 14.1. The van der Waals surface area contributed by atoms with Crippen LogP contribution in [0, 0.1) is 3.57 Å². The number of nitrogens with one attached hydrogen (secondary N) is 1. The first kappa shape index (κ1) is 25.0. The second-order valence-electron chi connectivity index (χ2n) is 8.28. The highest BCUT2D eigenvalue weighted by atomic mass is 127. The predicted molar refractivity (Wildman–Crippen MR) is 130 cm³/mol. The van der Waals surface area contributed by atoms with Gasteiger partial charge in [-0.15, -0.1) is 0 Å². The summed E-state index contributed by atoms with van der Waals surface area (Å²) in [6, 6.07) is 14.4. The van der Waals surface area contributed by atoms with Gasteiger partial charge in [-0.3, -0.25) is 9.59 Å². The van der Waals surface area contributed by atoms with E-state index < -0.39 is 11.6 Å². The number of carbonyl (C=O) groups is 2. The molecule has 0 fully saturated rings. The first-order valence-electron chi connectivity index (χ1n) is 10.3. The fraction of sp³-hybridized carbons (Fsp3) is 0.417. The number of carbonyl (C=O) groups excluding carboxylic acids is 2. The maximum Gasteiger partial charge on any atom is 0.261 e. The lowest BCUT2D eigenvalue weighted by Gasteiger charge is -2.33. The Hall–Kier alpha value is -2.29. The summed E-state index contributed by atoms with van der Waals surface area (Å²) in [5.74, 6) is 0.882. The summed E-state index contributed by atoms with van der Waals surface area (Å²) in [5, 5.41) is 2.99. The minimum Gasteiger partial charge on any atom is -0.497 e. The van der Waals surface area contributed by atoms with Crippen LogP contribution in [0.2, 0.25) is 0 Å². The highest BCUT2D eigenvalue weighted by Crippen LogP contribution is 2.19. The monoisotopic (exact) mass is 538 g/mol. The summed E-state index contributed by atoms with van der Waals surface area (Å²) in [5.41, 5.74) is 0.483. The number of hydrogen-bond acceptors (Lipinski definition) is 4. The van der Waals surface area contributed by atoms with Gasteiger partial charge in [0.25, 0.3) is 5.91 Å². The molecule has 31 heavy (non-hydrogen) atoms. The summed E-state index contributed by atoms with van der Waals surface area (Å²) in [6.45, 7) is 7.80. The molecule has 0 bridgehead atoms. The molecule has 2 aromatic rings. The summed E-state index contributed by atoms with van der Waals surface area (Å²) in [6.07, 6.45) is 0.487. The SMILES string of the molecule is CCC(C(=O)NC(C)(C)C)N(Cc1cccc(OC)c1)C(=O)COc1ccc(I)cc1. The molecule has 168 valence electrons. The van der Waals surface area contributed by atoms with Crippen molar-refractivity contribution in [1.29, 1.82) is 0 Å². The van der Waals surface area contributed by atoms with Crippen LogP contribution in [0.3, 0.4) is 0 Å². The van der Waals surface area contributed by atoms with E-state index in [0.717, 1.165) is 9.13 Å². The van der Waals surface area contributed by atoms with Crippen LogP contribution in [0.1, 0.15) is 39.7 Å². The molecule has 0 aliphatic heterocycles. The smallest absolute Gasteiger partial charge is 0.261 e. The third-order valence-electron chi connectivity index (χ3n) is 4.55. The summed E-state index contributed by atoms with van der Waals surface area (Å²) in [4.78, 5) is 27.8. The number of nitrogens with zero attached hydrogens (tertiary/aromatic N) is 1. The molecule has 6 nitrogen and oxygen atoms in total. The van der Waals surface area contributed by atoms with Crippen molar-refractivity contribution in [1.82, 2.24) is 10.2 Å². The molecule has 0 saturated heterocycles. The second kappa shape index (κ2) is 11.4. The van der Waals surface area contributed by atoms with E-state index in [-0.39, 0.29) is 25.0 Å². The zero-order valence-electron chi connectivity index (χ0n) is 18.8. The van der Waals surface area contributed by atoms with Crippen molar-refractivity contribution in [2.24, 2.45) is 0 Å². The molecule has 0 aliphatic rings. The average Bonchev–Trinajstić information content (AvgIpc) is 2.71. The molecule has 0 aromatic heterocycles. The number of benzene rings is 2. The van der Waals surface area contributed by atoms with E-state index in [2.05, 4.69) is 27.9 Å². The van der Waals surface area contributed by atoms with Crippen molar-refractivity contribution in [3.05, 3.63) is 57.7 Å². The maximum atomic E-state index is 13.2. The quantitative estimate of drug-likeness (QED) is 0.481. The predicted octanol–water partition coefficient (Wildman–Crippen LogP) is 4.40. The van der Waals surface area contributed by atoms with Crippen LogP contribution in [0.15, 0.2) is 48.5 Å². The Kier molecular flexibility index (Phi) is 9.15. The Morgan fingerprint density at radius 2 is 1.77 bits per heavy atom. The van der Waals surface area contributed by atoms with Crippen molar-refractivity contribution in [2.75, 3.05) is 13.7 Å². The molecule has 7 heteroatoms. The Morgan fingerprint density at radius 1 is 1.10 bits per heavy atom. The van der Waals surface area contributed by atoms with Crippen LogP contribution in [-0.2, 0) is 16.1 Å². The fourth-order valence-electron chi connectivity index (χ4n) is 3.10. The van der Waals surface area contributed by atoms with E-state index >= 15 is 0 Å². The van der Waals surface area contributed by atoms with Gasteiger partial charge in [0.1, 0.15) is 17.5 Å². The third kappa shape index (κ3) is 8.05. The largest absolute Gasteiger partial charge is 0.497 e. The first-order valence-corrected chi connectivity index (χ1v) is 11.3. The number of methoxy groups -OCH3 is 1. The number of amides is 2. The number of ether oxygens (including phenoxy) is 2. The molecule has 1 unspecified atom stereocenters. The third-order valence-corrected chi connectivity index (χ3v) is 5.27. The topological polar surface area (TPSA) is 67.9 Å². The van der Waals surface area contributed by atoms with Crippen molar-refractivity contribution < 1.29 is 19.1 Å². The normalized spacial score (nSPS) is 12.1. The lowest BCUT2D eigenvalue weighted by molar-refractivity contribution is -0.143. The average molecular weight is 538 g/mol. The highest BCUT2D eigenvalue weighted by Gasteiger charge is 2.31. The fourth-order valence-corrected chi connectivity index (χ4v) is 3.46. The molecule has 0 aliphatic carbocycles. The molecule has 0 spiro atoms. The van der Waals surface area contributed by atoms with Gasteiger partial charge >= 0.3 is 0 Å². The Bertz CT molecular complexity index is 878. The van der Waals surface area contributed by atoms with Gasteiger partial charge in [0.2, 0.25) is 5.91 Å². The van der Waals surface area contributed by atoms with Gasteiger partial charge in [0.15, 0.2) is 6.61 Å². The minimum atomic E-state index is -0.613. The van der Waals surface area contributed by atoms with E-state index in [1.807, 2.05) is 76.2 Å². The zero-order chi connectivity index (χ0) is 23.0. The van der Waals surface area contributed by atoms with Crippen LogP contribution in [-0.4, -0.2) is 42.0 Å². The number of hydrogen-bond donors (Lipinski definition) is 1. The molecule has 2 rings (SSSR count). The van der Waals surface area contributed by atoms with Gasteiger partial charge in [-0.25, -0.2) is 0 Å². The molecule has 0 saturated carbocycles. The molecule has 2 aromatic carbocycles. The van der Waals surface area contributed by atoms with Gasteiger partial charge < -0.3 is 19.7 Å². The molecule has 1 N–H and O–H groups in total. The van der Waals surface area contributed by atoms with E-state index in [9.17, 15) is 9.59 Å². The van der Waals surface area contributed by atoms with E-state index in [4.69, 9.17) is 9.47 Å². The summed E-state index contributed by atoms with van der Waals surface area (Å²) in [7, 11) is 1.60. The Balaban J connectivity index is 2.24. The second-order valence-corrected chi connectivity index (χ2v) is 9.52. The molecule has 0 heterocycles. The molecular weight excluding hydrogens is 507 g/mol. The van der Waals surface area contributed by atoms with Crippen molar-refractivity contribution >= 4 is 34.4 Å². The van der Waals surface area contributed by atoms with Gasteiger partial charge in [0, 0.05) is 15.7 Å². The van der Waals surface area contributed by atoms with Crippen molar-refractivity contribution in [2.45, 2.75) is 52.2 Å². The van der Waals surface area contributed by atoms with Crippen LogP contribution >= 0.6 is 22.6 Å². The van der Waals surface area contributed by atoms with Gasteiger partial charge in [-0.2, -0.15) is 0 Å². The van der Waals surface area contributed by atoms with E-state index in [1.54, 1.807) is 12.0 Å². The molecule has 1 atom stereocenters. The zero-order valence-corrected chi connectivity index (χ0v) is 20.9. The Morgan fingerprint density at radius 3 is 2.35 bits per heavy atom. The van der Waals surface area contributed by atoms with Crippen molar-refractivity contribution in [3.63, 3.8) is 0 Å². The molecule has 2 amide bonds. The summed E-state index contributed by atoms with van der Waals surface area (Å²) >= 11 is 2.21.